The van der Waals surface area contributed by atoms with Crippen molar-refractivity contribution in [2.24, 2.45) is 10.9 Å². The van der Waals surface area contributed by atoms with Crippen LogP contribution < -0.4 is 0 Å². The molecule has 0 amide bonds. The van der Waals surface area contributed by atoms with Crippen LogP contribution in [0.5, 0.6) is 0 Å². The third-order valence-electron chi connectivity index (χ3n) is 4.22. The molecule has 5 nitrogen and oxygen atoms in total. The zero-order chi connectivity index (χ0) is 18.5. The maximum absolute atomic E-state index is 12.5. The molecular weight excluding hydrogens is 350 g/mol. The highest BCUT2D eigenvalue weighted by Gasteiger charge is 2.29. The highest BCUT2D eigenvalue weighted by atomic mass is 32.1. The highest BCUT2D eigenvalue weighted by molar-refractivity contribution is 7.14. The molecule has 0 unspecified atom stereocenters. The van der Waals surface area contributed by atoms with Crippen molar-refractivity contribution in [1.82, 2.24) is 0 Å². The Labute approximate surface area is 155 Å². The molecule has 0 saturated heterocycles. The number of carbonyl (C=O) groups is 3. The van der Waals surface area contributed by atoms with E-state index < -0.39 is 11.9 Å². The zero-order valence-corrected chi connectivity index (χ0v) is 15.3. The van der Waals surface area contributed by atoms with Gasteiger partial charge >= 0.3 is 5.97 Å². The Balaban J connectivity index is 1.98. The average molecular weight is 369 g/mol. The summed E-state index contributed by atoms with van der Waals surface area (Å²) in [5, 5.41) is 2.30. The second-order valence-electron chi connectivity index (χ2n) is 5.96. The molecule has 0 bridgehead atoms. The zero-order valence-electron chi connectivity index (χ0n) is 14.4. The fraction of sp³-hybridized carbons (Fsp3) is 0.300. The molecule has 1 aromatic carbocycles. The number of aliphatic imine (C=N–C) groups is 1. The Kier molecular flexibility index (Phi) is 5.73. The minimum Gasteiger partial charge on any atom is -0.462 e. The minimum absolute atomic E-state index is 0.109. The average Bonchev–Trinajstić information content (AvgIpc) is 3.06. The molecule has 6 heteroatoms. The van der Waals surface area contributed by atoms with Crippen LogP contribution in [0.4, 0.5) is 5.00 Å². The van der Waals surface area contributed by atoms with Crippen molar-refractivity contribution in [1.29, 1.82) is 0 Å². The number of esters is 1. The highest BCUT2D eigenvalue weighted by Crippen LogP contribution is 2.38. The van der Waals surface area contributed by atoms with Crippen molar-refractivity contribution >= 4 is 40.1 Å². The Morgan fingerprint density at radius 2 is 1.92 bits per heavy atom. The number of thiophene rings is 1. The second-order valence-corrected chi connectivity index (χ2v) is 6.82. The van der Waals surface area contributed by atoms with Gasteiger partial charge in [0.1, 0.15) is 28.0 Å². The van der Waals surface area contributed by atoms with Crippen LogP contribution >= 0.6 is 11.3 Å². The number of Topliss-reactive ketones (excluding diaryl/α,β-unsaturated/α-hetero) is 2. The van der Waals surface area contributed by atoms with Crippen molar-refractivity contribution in [2.45, 2.75) is 26.2 Å². The van der Waals surface area contributed by atoms with E-state index in [2.05, 4.69) is 4.99 Å². The van der Waals surface area contributed by atoms with Crippen molar-refractivity contribution < 1.29 is 19.1 Å². The van der Waals surface area contributed by atoms with Gasteiger partial charge in [0, 0.05) is 30.0 Å². The fourth-order valence-electron chi connectivity index (χ4n) is 2.91. The van der Waals surface area contributed by atoms with E-state index in [0.717, 1.165) is 11.1 Å². The first-order chi connectivity index (χ1) is 12.6. The summed E-state index contributed by atoms with van der Waals surface area (Å²) in [5.74, 6) is -1.48. The monoisotopic (exact) mass is 369 g/mol. The topological polar surface area (TPSA) is 72.8 Å². The molecule has 26 heavy (non-hydrogen) atoms. The van der Waals surface area contributed by atoms with E-state index in [-0.39, 0.29) is 18.2 Å². The van der Waals surface area contributed by atoms with E-state index in [0.29, 0.717) is 29.8 Å². The van der Waals surface area contributed by atoms with Gasteiger partial charge in [-0.15, -0.1) is 11.3 Å². The minimum atomic E-state index is -0.805. The van der Waals surface area contributed by atoms with Gasteiger partial charge in [-0.3, -0.25) is 9.59 Å². The number of hydrogen-bond donors (Lipinski definition) is 0. The standard InChI is InChI=1S/C20H19NO4S/c1-2-25-20(24)18-15(13-7-4-3-5-8-13)12-26-19(18)21-11-14-16(22)9-6-10-17(14)23/h3-5,7-8,11-12,14H,2,6,9-10H2,1H3/b21-11+. The molecule has 0 atom stereocenters. The smallest absolute Gasteiger partial charge is 0.341 e. The maximum atomic E-state index is 12.5. The van der Waals surface area contributed by atoms with Crippen molar-refractivity contribution in [3.05, 3.63) is 41.3 Å². The van der Waals surface area contributed by atoms with Gasteiger partial charge in [-0.1, -0.05) is 30.3 Å². The molecule has 0 spiro atoms. The first kappa shape index (κ1) is 18.2. The van der Waals surface area contributed by atoms with Gasteiger partial charge in [0.05, 0.1) is 6.61 Å². The molecule has 2 aromatic rings. The van der Waals surface area contributed by atoms with Gasteiger partial charge in [-0.05, 0) is 18.9 Å². The summed E-state index contributed by atoms with van der Waals surface area (Å²) in [6.07, 6.45) is 2.78. The van der Waals surface area contributed by atoms with E-state index >= 15 is 0 Å². The molecule has 1 fully saturated rings. The van der Waals surface area contributed by atoms with E-state index in [4.69, 9.17) is 4.74 Å². The van der Waals surface area contributed by atoms with Crippen molar-refractivity contribution in [3.63, 3.8) is 0 Å². The van der Waals surface area contributed by atoms with E-state index in [9.17, 15) is 14.4 Å². The van der Waals surface area contributed by atoms with Crippen LogP contribution in [-0.4, -0.2) is 30.4 Å². The van der Waals surface area contributed by atoms with Crippen LogP contribution in [-0.2, 0) is 14.3 Å². The third kappa shape index (κ3) is 3.80. The van der Waals surface area contributed by atoms with Crippen molar-refractivity contribution in [2.75, 3.05) is 6.61 Å². The van der Waals surface area contributed by atoms with E-state index in [1.807, 2.05) is 35.7 Å². The number of benzene rings is 1. The van der Waals surface area contributed by atoms with Crippen molar-refractivity contribution in [3.8, 4) is 11.1 Å². The lowest BCUT2D eigenvalue weighted by molar-refractivity contribution is -0.132. The number of carbonyl (C=O) groups excluding carboxylic acids is 3. The van der Waals surface area contributed by atoms with Gasteiger partial charge < -0.3 is 4.74 Å². The van der Waals surface area contributed by atoms with Gasteiger partial charge in [0.25, 0.3) is 0 Å². The van der Waals surface area contributed by atoms with Gasteiger partial charge in [-0.2, -0.15) is 0 Å². The summed E-state index contributed by atoms with van der Waals surface area (Å²) in [6.45, 7) is 2.00. The first-order valence-electron chi connectivity index (χ1n) is 8.55. The predicted octanol–water partition coefficient (Wildman–Crippen LogP) is 4.23. The molecular formula is C20H19NO4S. The summed E-state index contributed by atoms with van der Waals surface area (Å²) in [7, 11) is 0. The summed E-state index contributed by atoms with van der Waals surface area (Å²) in [5.41, 5.74) is 2.00. The molecule has 1 aliphatic rings. The molecule has 0 N–H and O–H groups in total. The third-order valence-corrected chi connectivity index (χ3v) is 5.10. The lowest BCUT2D eigenvalue weighted by Gasteiger charge is -2.14. The molecule has 0 aliphatic heterocycles. The van der Waals surface area contributed by atoms with Crippen LogP contribution in [0.1, 0.15) is 36.5 Å². The lowest BCUT2D eigenvalue weighted by atomic mass is 9.88. The Morgan fingerprint density at radius 3 is 2.58 bits per heavy atom. The summed E-state index contributed by atoms with van der Waals surface area (Å²) in [6, 6.07) is 9.51. The normalized spacial score (nSPS) is 15.6. The Morgan fingerprint density at radius 1 is 1.23 bits per heavy atom. The van der Waals surface area contributed by atoms with E-state index in [1.165, 1.54) is 17.6 Å². The quantitative estimate of drug-likeness (QED) is 0.449. The summed E-state index contributed by atoms with van der Waals surface area (Å²) in [4.78, 5) is 40.8. The molecule has 1 aliphatic carbocycles. The van der Waals surface area contributed by atoms with Gasteiger partial charge in [0.2, 0.25) is 0 Å². The van der Waals surface area contributed by atoms with Crippen LogP contribution in [0.25, 0.3) is 11.1 Å². The maximum Gasteiger partial charge on any atom is 0.341 e. The van der Waals surface area contributed by atoms with E-state index in [1.54, 1.807) is 6.92 Å². The van der Waals surface area contributed by atoms with Crippen LogP contribution in [0.15, 0.2) is 40.7 Å². The number of ketones is 2. The number of nitrogens with zero attached hydrogens (tertiary/aromatic N) is 1. The van der Waals surface area contributed by atoms with Gasteiger partial charge in [0.15, 0.2) is 0 Å². The van der Waals surface area contributed by atoms with Gasteiger partial charge in [-0.25, -0.2) is 9.79 Å². The van der Waals surface area contributed by atoms with Crippen LogP contribution in [0.2, 0.25) is 0 Å². The predicted molar refractivity (Wildman–Crippen MR) is 101 cm³/mol. The molecule has 134 valence electrons. The molecule has 1 heterocycles. The summed E-state index contributed by atoms with van der Waals surface area (Å²) >= 11 is 1.29. The first-order valence-corrected chi connectivity index (χ1v) is 9.43. The Hall–Kier alpha value is -2.60. The summed E-state index contributed by atoms with van der Waals surface area (Å²) < 4.78 is 5.18. The number of rotatable bonds is 5. The van der Waals surface area contributed by atoms with Crippen LogP contribution in [0, 0.1) is 5.92 Å². The largest absolute Gasteiger partial charge is 0.462 e. The Bertz CT molecular complexity index is 838. The SMILES string of the molecule is CCOC(=O)c1c(-c2ccccc2)csc1/N=C/C1C(=O)CCCC1=O. The lowest BCUT2D eigenvalue weighted by Crippen LogP contribution is -2.29. The molecule has 0 radical (unpaired) electrons. The number of ether oxygens (including phenoxy) is 1. The molecule has 1 aromatic heterocycles. The number of hydrogen-bond acceptors (Lipinski definition) is 6. The molecule has 1 saturated carbocycles. The fourth-order valence-corrected chi connectivity index (χ4v) is 3.83. The van der Waals surface area contributed by atoms with Crippen LogP contribution in [0.3, 0.4) is 0 Å². The second kappa shape index (κ2) is 8.19. The molecule has 3 rings (SSSR count).